The molecule has 29 heavy (non-hydrogen) atoms. The SMILES string of the molecule is COc1ccc(C(O)=C2C(=O)C(=O)N(CC3CCCO3)C2C2CC=CCC2)cc1. The second-order valence-electron chi connectivity index (χ2n) is 7.90. The first kappa shape index (κ1) is 19.7. The van der Waals surface area contributed by atoms with E-state index in [1.54, 1.807) is 36.3 Å². The number of likely N-dealkylation sites (tertiary alicyclic amines) is 1. The van der Waals surface area contributed by atoms with Gasteiger partial charge in [-0.1, -0.05) is 12.2 Å². The molecule has 6 heteroatoms. The molecule has 2 aliphatic heterocycles. The fourth-order valence-corrected chi connectivity index (χ4v) is 4.61. The van der Waals surface area contributed by atoms with Crippen molar-refractivity contribution in [1.82, 2.24) is 4.90 Å². The Morgan fingerprint density at radius 1 is 1.21 bits per heavy atom. The maximum Gasteiger partial charge on any atom is 0.295 e. The molecule has 1 aromatic rings. The van der Waals surface area contributed by atoms with Crippen molar-refractivity contribution < 1.29 is 24.2 Å². The van der Waals surface area contributed by atoms with Crippen LogP contribution >= 0.6 is 0 Å². The summed E-state index contributed by atoms with van der Waals surface area (Å²) in [5, 5.41) is 11.0. The molecule has 3 unspecified atom stereocenters. The molecule has 1 amide bonds. The van der Waals surface area contributed by atoms with Crippen molar-refractivity contribution >= 4 is 17.4 Å². The lowest BCUT2D eigenvalue weighted by molar-refractivity contribution is -0.141. The van der Waals surface area contributed by atoms with Gasteiger partial charge >= 0.3 is 0 Å². The maximum atomic E-state index is 13.0. The van der Waals surface area contributed by atoms with E-state index in [0.29, 0.717) is 24.5 Å². The second kappa shape index (κ2) is 8.41. The lowest BCUT2D eigenvalue weighted by atomic mass is 9.83. The Kier molecular flexibility index (Phi) is 5.72. The summed E-state index contributed by atoms with van der Waals surface area (Å²) < 4.78 is 10.9. The van der Waals surface area contributed by atoms with Crippen molar-refractivity contribution in [3.63, 3.8) is 0 Å². The highest BCUT2D eigenvalue weighted by Gasteiger charge is 2.49. The highest BCUT2D eigenvalue weighted by Crippen LogP contribution is 2.38. The second-order valence-corrected chi connectivity index (χ2v) is 7.90. The molecule has 2 saturated heterocycles. The van der Waals surface area contributed by atoms with Crippen LogP contribution in [0, 0.1) is 5.92 Å². The quantitative estimate of drug-likeness (QED) is 0.357. The zero-order valence-corrected chi connectivity index (χ0v) is 16.7. The van der Waals surface area contributed by atoms with Gasteiger partial charge in [0.25, 0.3) is 11.7 Å². The van der Waals surface area contributed by atoms with Crippen molar-refractivity contribution in [2.24, 2.45) is 5.92 Å². The lowest BCUT2D eigenvalue weighted by Gasteiger charge is -2.33. The van der Waals surface area contributed by atoms with E-state index < -0.39 is 17.7 Å². The van der Waals surface area contributed by atoms with Crippen LogP contribution in [0.1, 0.15) is 37.7 Å². The van der Waals surface area contributed by atoms with E-state index in [9.17, 15) is 14.7 Å². The Hall–Kier alpha value is -2.60. The van der Waals surface area contributed by atoms with Gasteiger partial charge in [-0.3, -0.25) is 9.59 Å². The van der Waals surface area contributed by atoms with Crippen LogP contribution in [0.2, 0.25) is 0 Å². The van der Waals surface area contributed by atoms with Crippen molar-refractivity contribution in [2.75, 3.05) is 20.3 Å². The van der Waals surface area contributed by atoms with E-state index in [0.717, 1.165) is 32.1 Å². The standard InChI is InChI=1S/C23H27NO5/c1-28-17-11-9-16(10-12-17)21(25)19-20(15-6-3-2-4-7-15)24(23(27)22(19)26)14-18-8-5-13-29-18/h2-3,9-12,15,18,20,25H,4-8,13-14H2,1H3. The zero-order chi connectivity index (χ0) is 20.4. The van der Waals surface area contributed by atoms with Crippen LogP contribution in [0.3, 0.4) is 0 Å². The molecular weight excluding hydrogens is 370 g/mol. The first-order chi connectivity index (χ1) is 14.1. The molecule has 3 aliphatic rings. The van der Waals surface area contributed by atoms with Crippen LogP contribution in [-0.2, 0) is 14.3 Å². The number of amides is 1. The van der Waals surface area contributed by atoms with Gasteiger partial charge < -0.3 is 19.5 Å². The summed E-state index contributed by atoms with van der Waals surface area (Å²) in [7, 11) is 1.57. The summed E-state index contributed by atoms with van der Waals surface area (Å²) >= 11 is 0. The Bertz CT molecular complexity index is 835. The van der Waals surface area contributed by atoms with Crippen molar-refractivity contribution in [1.29, 1.82) is 0 Å². The number of rotatable bonds is 5. The maximum absolute atomic E-state index is 13.0. The minimum absolute atomic E-state index is 0.0455. The Balaban J connectivity index is 1.73. The van der Waals surface area contributed by atoms with Crippen molar-refractivity contribution in [3.8, 4) is 5.75 Å². The third-order valence-electron chi connectivity index (χ3n) is 6.13. The molecule has 1 aromatic carbocycles. The van der Waals surface area contributed by atoms with E-state index >= 15 is 0 Å². The van der Waals surface area contributed by atoms with Gasteiger partial charge in [0.2, 0.25) is 0 Å². The molecule has 0 saturated carbocycles. The molecule has 6 nitrogen and oxygen atoms in total. The zero-order valence-electron chi connectivity index (χ0n) is 16.7. The molecule has 2 fully saturated rings. The summed E-state index contributed by atoms with van der Waals surface area (Å²) in [4.78, 5) is 27.6. The number of hydrogen-bond donors (Lipinski definition) is 1. The monoisotopic (exact) mass is 397 g/mol. The van der Waals surface area contributed by atoms with Crippen molar-refractivity contribution in [2.45, 2.75) is 44.2 Å². The normalized spacial score (nSPS) is 28.9. The molecule has 0 spiro atoms. The number of hydrogen-bond acceptors (Lipinski definition) is 5. The average Bonchev–Trinajstić information content (AvgIpc) is 3.36. The molecule has 3 atom stereocenters. The third kappa shape index (κ3) is 3.81. The molecule has 0 bridgehead atoms. The van der Waals surface area contributed by atoms with Gasteiger partial charge in [-0.05, 0) is 62.3 Å². The summed E-state index contributed by atoms with van der Waals surface area (Å²) in [6.07, 6.45) is 8.62. The van der Waals surface area contributed by atoms with E-state index in [-0.39, 0.29) is 23.4 Å². The lowest BCUT2D eigenvalue weighted by Crippen LogP contribution is -2.43. The Morgan fingerprint density at radius 2 is 2.00 bits per heavy atom. The highest BCUT2D eigenvalue weighted by atomic mass is 16.5. The van der Waals surface area contributed by atoms with Crippen LogP contribution in [0.5, 0.6) is 5.75 Å². The topological polar surface area (TPSA) is 76.1 Å². The number of carbonyl (C=O) groups excluding carboxylic acids is 2. The van der Waals surface area contributed by atoms with Crippen LogP contribution in [0.4, 0.5) is 0 Å². The molecule has 0 aromatic heterocycles. The highest BCUT2D eigenvalue weighted by molar-refractivity contribution is 6.46. The van der Waals surface area contributed by atoms with Gasteiger partial charge in [0.05, 0.1) is 24.8 Å². The fourth-order valence-electron chi connectivity index (χ4n) is 4.61. The fraction of sp³-hybridized carbons (Fsp3) is 0.478. The number of ketones is 1. The van der Waals surface area contributed by atoms with Crippen LogP contribution in [-0.4, -0.2) is 54.1 Å². The summed E-state index contributed by atoms with van der Waals surface area (Å²) in [5.74, 6) is -0.479. The first-order valence-electron chi connectivity index (χ1n) is 10.3. The number of benzene rings is 1. The number of nitrogens with zero attached hydrogens (tertiary/aromatic N) is 1. The molecule has 2 heterocycles. The number of aliphatic hydroxyl groups is 1. The first-order valence-corrected chi connectivity index (χ1v) is 10.3. The van der Waals surface area contributed by atoms with Gasteiger partial charge in [-0.15, -0.1) is 0 Å². The number of carbonyl (C=O) groups is 2. The van der Waals surface area contributed by atoms with Gasteiger partial charge in [0, 0.05) is 18.7 Å². The minimum Gasteiger partial charge on any atom is -0.507 e. The largest absolute Gasteiger partial charge is 0.507 e. The Morgan fingerprint density at radius 3 is 2.62 bits per heavy atom. The predicted octanol–water partition coefficient (Wildman–Crippen LogP) is 3.28. The molecule has 4 rings (SSSR count). The van der Waals surface area contributed by atoms with Gasteiger partial charge in [-0.2, -0.15) is 0 Å². The number of allylic oxidation sites excluding steroid dienone is 2. The molecular formula is C23H27NO5. The van der Waals surface area contributed by atoms with Crippen LogP contribution in [0.15, 0.2) is 42.0 Å². The van der Waals surface area contributed by atoms with Crippen LogP contribution in [0.25, 0.3) is 5.76 Å². The molecule has 154 valence electrons. The third-order valence-corrected chi connectivity index (χ3v) is 6.13. The van der Waals surface area contributed by atoms with Gasteiger partial charge in [0.15, 0.2) is 0 Å². The van der Waals surface area contributed by atoms with E-state index in [4.69, 9.17) is 9.47 Å². The summed E-state index contributed by atoms with van der Waals surface area (Å²) in [6, 6.07) is 6.45. The number of aliphatic hydroxyl groups excluding tert-OH is 1. The predicted molar refractivity (Wildman–Crippen MR) is 109 cm³/mol. The number of Topliss-reactive ketones (excluding diaryl/α,β-unsaturated/α-hetero) is 1. The Labute approximate surface area is 170 Å². The van der Waals surface area contributed by atoms with Crippen LogP contribution < -0.4 is 4.74 Å². The molecule has 1 aliphatic carbocycles. The molecule has 1 N–H and O–H groups in total. The van der Waals surface area contributed by atoms with E-state index in [2.05, 4.69) is 12.2 Å². The molecule has 0 radical (unpaired) electrons. The van der Waals surface area contributed by atoms with Gasteiger partial charge in [0.1, 0.15) is 11.5 Å². The number of ether oxygens (including phenoxy) is 2. The van der Waals surface area contributed by atoms with E-state index in [1.165, 1.54) is 0 Å². The van der Waals surface area contributed by atoms with E-state index in [1.807, 2.05) is 0 Å². The summed E-state index contributed by atoms with van der Waals surface area (Å²) in [5.41, 5.74) is 0.732. The smallest absolute Gasteiger partial charge is 0.295 e. The average molecular weight is 397 g/mol. The minimum atomic E-state index is -0.601. The van der Waals surface area contributed by atoms with Crippen molar-refractivity contribution in [3.05, 3.63) is 47.6 Å². The van der Waals surface area contributed by atoms with Gasteiger partial charge in [-0.25, -0.2) is 0 Å². The summed E-state index contributed by atoms with van der Waals surface area (Å²) in [6.45, 7) is 1.09. The number of methoxy groups -OCH3 is 1.